The number of ether oxygens (including phenoxy) is 1. The van der Waals surface area contributed by atoms with Crippen molar-refractivity contribution in [3.05, 3.63) is 33.9 Å². The molecule has 27 heavy (non-hydrogen) atoms. The van der Waals surface area contributed by atoms with Gasteiger partial charge >= 0.3 is 0 Å². The second-order valence-electron chi connectivity index (χ2n) is 6.55. The first-order valence-corrected chi connectivity index (χ1v) is 9.19. The van der Waals surface area contributed by atoms with Crippen molar-refractivity contribution < 1.29 is 19.3 Å². The van der Waals surface area contributed by atoms with Gasteiger partial charge in [0, 0.05) is 37.8 Å². The highest BCUT2D eigenvalue weighted by Gasteiger charge is 2.21. The maximum atomic E-state index is 12.0. The highest BCUT2D eigenvalue weighted by molar-refractivity contribution is 5.83. The topological polar surface area (TPSA) is 97.5 Å². The first-order valence-electron chi connectivity index (χ1n) is 9.19. The molecule has 0 radical (unpaired) electrons. The van der Waals surface area contributed by atoms with Gasteiger partial charge in [-0.15, -0.1) is 0 Å². The van der Waals surface area contributed by atoms with E-state index in [1.807, 2.05) is 4.90 Å². The number of oxime groups is 1. The normalized spacial score (nSPS) is 17.9. The van der Waals surface area contributed by atoms with Gasteiger partial charge in [0.15, 0.2) is 6.61 Å². The van der Waals surface area contributed by atoms with Gasteiger partial charge in [-0.05, 0) is 25.3 Å². The van der Waals surface area contributed by atoms with Crippen LogP contribution in [-0.2, 0) is 14.4 Å². The molecule has 2 aliphatic heterocycles. The Hall–Kier alpha value is -2.68. The quantitative estimate of drug-likeness (QED) is 0.427. The number of nitrogens with zero attached hydrogens (tertiary/aromatic N) is 4. The van der Waals surface area contributed by atoms with Crippen LogP contribution in [0, 0.1) is 10.1 Å². The fraction of sp³-hybridized carbons (Fsp3) is 0.556. The Balaban J connectivity index is 1.59. The lowest BCUT2D eigenvalue weighted by atomic mass is 10.1. The number of hydrogen-bond acceptors (Lipinski definition) is 7. The first kappa shape index (κ1) is 19.1. The molecule has 0 atom stereocenters. The van der Waals surface area contributed by atoms with Crippen LogP contribution in [0.15, 0.2) is 23.4 Å². The van der Waals surface area contributed by atoms with Crippen LogP contribution in [0.5, 0.6) is 0 Å². The second kappa shape index (κ2) is 9.31. The van der Waals surface area contributed by atoms with E-state index >= 15 is 0 Å². The van der Waals surface area contributed by atoms with Crippen LogP contribution in [0.25, 0.3) is 0 Å². The first-order chi connectivity index (χ1) is 13.1. The van der Waals surface area contributed by atoms with Gasteiger partial charge in [-0.1, -0.05) is 11.2 Å². The Bertz CT molecular complexity index is 697. The molecule has 0 unspecified atom stereocenters. The summed E-state index contributed by atoms with van der Waals surface area (Å²) >= 11 is 0. The molecular weight excluding hydrogens is 352 g/mol. The van der Waals surface area contributed by atoms with E-state index in [1.54, 1.807) is 17.0 Å². The molecule has 2 heterocycles. The van der Waals surface area contributed by atoms with Gasteiger partial charge in [0.1, 0.15) is 5.69 Å². The van der Waals surface area contributed by atoms with E-state index in [1.165, 1.54) is 12.3 Å². The fourth-order valence-corrected chi connectivity index (χ4v) is 3.26. The van der Waals surface area contributed by atoms with Gasteiger partial charge < -0.3 is 19.4 Å². The molecule has 1 aromatic carbocycles. The molecule has 0 aliphatic carbocycles. The van der Waals surface area contributed by atoms with Gasteiger partial charge in [-0.3, -0.25) is 14.9 Å². The molecule has 146 valence electrons. The number of anilines is 1. The smallest absolute Gasteiger partial charge is 0.293 e. The molecule has 2 fully saturated rings. The lowest BCUT2D eigenvalue weighted by molar-refractivity contribution is -0.384. The number of carbonyl (C=O) groups excluding carboxylic acids is 1. The van der Waals surface area contributed by atoms with Crippen LogP contribution in [-0.4, -0.2) is 67.9 Å². The standard InChI is InChI=1S/C18H24N4O5/c23-18(21-6-2-1-3-7-21)14-27-19-13-15-4-5-16(17(12-15)22(24)25)20-8-10-26-11-9-20/h4-5,12-13H,1-3,6-11,14H2/b19-13-. The summed E-state index contributed by atoms with van der Waals surface area (Å²) in [7, 11) is 0. The summed E-state index contributed by atoms with van der Waals surface area (Å²) in [5.74, 6) is -0.0829. The minimum absolute atomic E-state index is 0.0187. The summed E-state index contributed by atoms with van der Waals surface area (Å²) in [6.07, 6.45) is 4.59. The summed E-state index contributed by atoms with van der Waals surface area (Å²) in [5, 5.41) is 15.2. The summed E-state index contributed by atoms with van der Waals surface area (Å²) in [6.45, 7) is 3.76. The molecule has 2 aliphatic rings. The van der Waals surface area contributed by atoms with Crippen molar-refractivity contribution in [2.45, 2.75) is 19.3 Å². The number of rotatable bonds is 6. The van der Waals surface area contributed by atoms with E-state index in [4.69, 9.17) is 9.57 Å². The predicted octanol–water partition coefficient (Wildman–Crippen LogP) is 1.79. The van der Waals surface area contributed by atoms with E-state index in [0.717, 1.165) is 32.4 Å². The van der Waals surface area contributed by atoms with E-state index in [9.17, 15) is 14.9 Å². The van der Waals surface area contributed by atoms with Gasteiger partial charge in [-0.25, -0.2) is 0 Å². The van der Waals surface area contributed by atoms with Gasteiger partial charge in [0.2, 0.25) is 0 Å². The van der Waals surface area contributed by atoms with E-state index in [0.29, 0.717) is 37.6 Å². The second-order valence-corrected chi connectivity index (χ2v) is 6.55. The third-order valence-corrected chi connectivity index (χ3v) is 4.72. The molecule has 3 rings (SSSR count). The van der Waals surface area contributed by atoms with Crippen molar-refractivity contribution in [3.63, 3.8) is 0 Å². The van der Waals surface area contributed by atoms with Crippen LogP contribution in [0.1, 0.15) is 24.8 Å². The number of likely N-dealkylation sites (tertiary alicyclic amines) is 1. The Morgan fingerprint density at radius 3 is 2.67 bits per heavy atom. The number of benzene rings is 1. The van der Waals surface area contributed by atoms with Crippen molar-refractivity contribution in [1.82, 2.24) is 4.90 Å². The number of morpholine rings is 1. The lowest BCUT2D eigenvalue weighted by Gasteiger charge is -2.28. The van der Waals surface area contributed by atoms with E-state index in [2.05, 4.69) is 5.16 Å². The minimum Gasteiger partial charge on any atom is -0.386 e. The molecular formula is C18H24N4O5. The summed E-state index contributed by atoms with van der Waals surface area (Å²) in [5.41, 5.74) is 1.14. The maximum Gasteiger partial charge on any atom is 0.293 e. The molecule has 0 saturated carbocycles. The minimum atomic E-state index is -0.400. The Labute approximate surface area is 157 Å². The van der Waals surface area contributed by atoms with Crippen molar-refractivity contribution >= 4 is 23.5 Å². The van der Waals surface area contributed by atoms with Crippen LogP contribution >= 0.6 is 0 Å². The van der Waals surface area contributed by atoms with Crippen molar-refractivity contribution in [2.75, 3.05) is 50.9 Å². The maximum absolute atomic E-state index is 12.0. The SMILES string of the molecule is O=C(CO/N=C\c1ccc(N2CCOCC2)c([N+](=O)[O-])c1)N1CCCCC1. The van der Waals surface area contributed by atoms with Gasteiger partial charge in [0.05, 0.1) is 24.4 Å². The van der Waals surface area contributed by atoms with Crippen LogP contribution in [0.3, 0.4) is 0 Å². The molecule has 0 N–H and O–H groups in total. The molecule has 2 saturated heterocycles. The highest BCUT2D eigenvalue weighted by Crippen LogP contribution is 2.29. The zero-order valence-corrected chi connectivity index (χ0v) is 15.2. The fourth-order valence-electron chi connectivity index (χ4n) is 3.26. The molecule has 1 amide bonds. The number of piperidine rings is 1. The zero-order valence-electron chi connectivity index (χ0n) is 15.2. The Kier molecular flexibility index (Phi) is 6.59. The molecule has 9 heteroatoms. The molecule has 0 aromatic heterocycles. The summed E-state index contributed by atoms with van der Waals surface area (Å²) in [4.78, 5) is 31.8. The van der Waals surface area contributed by atoms with Crippen LogP contribution < -0.4 is 4.90 Å². The highest BCUT2D eigenvalue weighted by atomic mass is 16.6. The Morgan fingerprint density at radius 1 is 1.22 bits per heavy atom. The van der Waals surface area contributed by atoms with Gasteiger partial charge in [-0.2, -0.15) is 0 Å². The molecule has 9 nitrogen and oxygen atoms in total. The Morgan fingerprint density at radius 2 is 1.96 bits per heavy atom. The number of carbonyl (C=O) groups is 1. The average molecular weight is 376 g/mol. The predicted molar refractivity (Wildman–Crippen MR) is 100 cm³/mol. The number of nitro groups is 1. The zero-order chi connectivity index (χ0) is 19.1. The largest absolute Gasteiger partial charge is 0.386 e. The third kappa shape index (κ3) is 5.16. The van der Waals surface area contributed by atoms with Gasteiger partial charge in [0.25, 0.3) is 11.6 Å². The molecule has 0 bridgehead atoms. The summed E-state index contributed by atoms with van der Waals surface area (Å²) < 4.78 is 5.29. The monoisotopic (exact) mass is 376 g/mol. The van der Waals surface area contributed by atoms with Crippen LogP contribution in [0.4, 0.5) is 11.4 Å². The number of amides is 1. The molecule has 0 spiro atoms. The lowest BCUT2D eigenvalue weighted by Crippen LogP contribution is -2.37. The molecule has 1 aromatic rings. The van der Waals surface area contributed by atoms with Crippen molar-refractivity contribution in [2.24, 2.45) is 5.16 Å². The van der Waals surface area contributed by atoms with Crippen molar-refractivity contribution in [1.29, 1.82) is 0 Å². The van der Waals surface area contributed by atoms with Crippen LogP contribution in [0.2, 0.25) is 0 Å². The van der Waals surface area contributed by atoms with E-state index < -0.39 is 4.92 Å². The number of hydrogen-bond donors (Lipinski definition) is 0. The number of nitro benzene ring substituents is 1. The average Bonchev–Trinajstić information content (AvgIpc) is 2.72. The summed E-state index contributed by atoms with van der Waals surface area (Å²) in [6, 6.07) is 4.92. The van der Waals surface area contributed by atoms with Crippen molar-refractivity contribution in [3.8, 4) is 0 Å². The van der Waals surface area contributed by atoms with E-state index in [-0.39, 0.29) is 18.2 Å². The third-order valence-electron chi connectivity index (χ3n) is 4.72.